The number of nitrogens with zero attached hydrogens (tertiary/aromatic N) is 5. The predicted octanol–water partition coefficient (Wildman–Crippen LogP) is 5.98. The number of halogens is 5. The summed E-state index contributed by atoms with van der Waals surface area (Å²) in [5.74, 6) is -0.174. The second kappa shape index (κ2) is 13.1. The van der Waals surface area contributed by atoms with Gasteiger partial charge < -0.3 is 21.1 Å². The number of hydrogen-bond donors (Lipinski definition) is 4. The Balaban J connectivity index is 1.61. The number of carbonyl (C=O) groups excluding carboxylic acids is 1. The Morgan fingerprint density at radius 2 is 1.84 bits per heavy atom. The Labute approximate surface area is 254 Å². The topological polar surface area (TPSA) is 138 Å². The van der Waals surface area contributed by atoms with E-state index >= 15 is 0 Å². The lowest BCUT2D eigenvalue weighted by molar-refractivity contribution is -0.141. The standard InChI is InChI=1S/C29H33F5N8O3/c1-5-16-10-17(6-7-19(16)26(43)39-18(11-28(2,3)4)12-37-27(44)45)38-24-25-36-13-21(42(25)9-8-35-24)20-14-41(15-22(30)31)40-23(20)29(32,33)34/h6-10,13-14,18,22,37H,5,11-12,15H2,1-4H3,(H,35,38)(H,39,43)(H,44,45). The third-order valence-electron chi connectivity index (χ3n) is 6.75. The fourth-order valence-electron chi connectivity index (χ4n) is 4.97. The molecule has 45 heavy (non-hydrogen) atoms. The molecule has 0 bridgehead atoms. The van der Waals surface area contributed by atoms with Gasteiger partial charge in [-0.25, -0.2) is 23.5 Å². The van der Waals surface area contributed by atoms with E-state index in [-0.39, 0.29) is 35.0 Å². The van der Waals surface area contributed by atoms with E-state index in [2.05, 4.69) is 31.0 Å². The summed E-state index contributed by atoms with van der Waals surface area (Å²) in [7, 11) is 0. The number of anilines is 2. The summed E-state index contributed by atoms with van der Waals surface area (Å²) >= 11 is 0. The average Bonchev–Trinajstić information content (AvgIpc) is 3.55. The molecule has 11 nitrogen and oxygen atoms in total. The zero-order valence-electron chi connectivity index (χ0n) is 24.9. The molecule has 0 aliphatic heterocycles. The molecule has 16 heteroatoms. The molecule has 0 fully saturated rings. The zero-order chi connectivity index (χ0) is 33.1. The van der Waals surface area contributed by atoms with E-state index in [0.717, 1.165) is 6.20 Å². The monoisotopic (exact) mass is 636 g/mol. The Bertz CT molecular complexity index is 1680. The van der Waals surface area contributed by atoms with Crippen LogP contribution in [0.1, 0.15) is 55.7 Å². The van der Waals surface area contributed by atoms with Gasteiger partial charge in [0, 0.05) is 42.4 Å². The van der Waals surface area contributed by atoms with E-state index < -0.39 is 42.5 Å². The van der Waals surface area contributed by atoms with Crippen LogP contribution >= 0.6 is 0 Å². The quantitative estimate of drug-likeness (QED) is 0.149. The molecule has 242 valence electrons. The largest absolute Gasteiger partial charge is 0.465 e. The van der Waals surface area contributed by atoms with Gasteiger partial charge in [-0.3, -0.25) is 13.9 Å². The van der Waals surface area contributed by atoms with Gasteiger partial charge in [0.25, 0.3) is 12.3 Å². The number of hydrogen-bond acceptors (Lipinski definition) is 6. The van der Waals surface area contributed by atoms with E-state index in [1.807, 2.05) is 27.7 Å². The highest BCUT2D eigenvalue weighted by Crippen LogP contribution is 2.37. The first kappa shape index (κ1) is 33.1. The third-order valence-corrected chi connectivity index (χ3v) is 6.75. The number of carbonyl (C=O) groups is 2. The molecule has 0 radical (unpaired) electrons. The number of nitrogens with one attached hydrogen (secondary N) is 3. The average molecular weight is 637 g/mol. The second-order valence-electron chi connectivity index (χ2n) is 11.6. The fraction of sp³-hybridized carbons (Fsp3) is 0.414. The van der Waals surface area contributed by atoms with Gasteiger partial charge in [-0.15, -0.1) is 0 Å². The SMILES string of the molecule is CCc1cc(Nc2nccn3c(-c4cn(CC(F)F)nc4C(F)(F)F)cnc23)ccc1C(=O)NC(CNC(=O)O)CC(C)(C)C. The summed E-state index contributed by atoms with van der Waals surface area (Å²) in [6.45, 7) is 6.85. The van der Waals surface area contributed by atoms with E-state index in [4.69, 9.17) is 5.11 Å². The first-order valence-corrected chi connectivity index (χ1v) is 14.0. The number of carboxylic acid groups (broad SMARTS) is 1. The van der Waals surface area contributed by atoms with Crippen molar-refractivity contribution >= 4 is 29.2 Å². The first-order valence-electron chi connectivity index (χ1n) is 14.0. The van der Waals surface area contributed by atoms with Gasteiger partial charge in [0.05, 0.1) is 17.5 Å². The van der Waals surface area contributed by atoms with Crippen molar-refractivity contribution < 1.29 is 36.6 Å². The number of alkyl halides is 5. The lowest BCUT2D eigenvalue weighted by atomic mass is 9.88. The van der Waals surface area contributed by atoms with E-state index in [9.17, 15) is 31.5 Å². The van der Waals surface area contributed by atoms with Crippen LogP contribution in [0.2, 0.25) is 0 Å². The third kappa shape index (κ3) is 8.25. The highest BCUT2D eigenvalue weighted by molar-refractivity contribution is 5.96. The van der Waals surface area contributed by atoms with Crippen molar-refractivity contribution in [1.82, 2.24) is 34.8 Å². The van der Waals surface area contributed by atoms with Crippen LogP contribution in [0.3, 0.4) is 0 Å². The molecule has 3 aromatic heterocycles. The molecule has 1 atom stereocenters. The van der Waals surface area contributed by atoms with Crippen LogP contribution in [-0.4, -0.2) is 60.3 Å². The molecule has 3 heterocycles. The second-order valence-corrected chi connectivity index (χ2v) is 11.6. The minimum Gasteiger partial charge on any atom is -0.465 e. The lowest BCUT2D eigenvalue weighted by Crippen LogP contribution is -2.45. The molecule has 4 rings (SSSR count). The summed E-state index contributed by atoms with van der Waals surface area (Å²) in [5, 5.41) is 20.7. The zero-order valence-corrected chi connectivity index (χ0v) is 24.9. The summed E-state index contributed by atoms with van der Waals surface area (Å²) in [6, 6.07) is 4.52. The van der Waals surface area contributed by atoms with Crippen molar-refractivity contribution in [2.75, 3.05) is 11.9 Å². The molecule has 0 aliphatic rings. The van der Waals surface area contributed by atoms with E-state index in [0.29, 0.717) is 34.3 Å². The van der Waals surface area contributed by atoms with Gasteiger partial charge in [0.1, 0.15) is 6.54 Å². The molecule has 1 aromatic carbocycles. The van der Waals surface area contributed by atoms with Crippen molar-refractivity contribution in [2.45, 2.75) is 65.7 Å². The minimum atomic E-state index is -4.90. The Morgan fingerprint density at radius 3 is 2.47 bits per heavy atom. The van der Waals surface area contributed by atoms with Crippen molar-refractivity contribution in [2.24, 2.45) is 5.41 Å². The molecule has 4 aromatic rings. The highest BCUT2D eigenvalue weighted by Gasteiger charge is 2.38. The molecule has 0 spiro atoms. The molecule has 0 saturated heterocycles. The molecule has 1 unspecified atom stereocenters. The van der Waals surface area contributed by atoms with Crippen LogP contribution in [-0.2, 0) is 19.1 Å². The molecule has 2 amide bonds. The number of imidazole rings is 1. The van der Waals surface area contributed by atoms with Gasteiger partial charge in [-0.2, -0.15) is 18.3 Å². The van der Waals surface area contributed by atoms with Crippen LogP contribution in [0.25, 0.3) is 16.9 Å². The smallest absolute Gasteiger partial charge is 0.435 e. The summed E-state index contributed by atoms with van der Waals surface area (Å²) in [4.78, 5) is 32.8. The summed E-state index contributed by atoms with van der Waals surface area (Å²) in [5.41, 5.74) is -0.178. The van der Waals surface area contributed by atoms with E-state index in [1.54, 1.807) is 18.2 Å². The summed E-state index contributed by atoms with van der Waals surface area (Å²) < 4.78 is 69.0. The van der Waals surface area contributed by atoms with Crippen LogP contribution in [0.4, 0.5) is 38.3 Å². The van der Waals surface area contributed by atoms with Crippen LogP contribution in [0.15, 0.2) is 43.0 Å². The molecular formula is C29H33F5N8O3. The van der Waals surface area contributed by atoms with Gasteiger partial charge in [-0.1, -0.05) is 27.7 Å². The van der Waals surface area contributed by atoms with Crippen molar-refractivity contribution in [1.29, 1.82) is 0 Å². The van der Waals surface area contributed by atoms with Crippen LogP contribution in [0.5, 0.6) is 0 Å². The number of aromatic nitrogens is 5. The van der Waals surface area contributed by atoms with Gasteiger partial charge in [0.15, 0.2) is 17.2 Å². The minimum absolute atomic E-state index is 0.0215. The van der Waals surface area contributed by atoms with Crippen molar-refractivity contribution in [3.05, 3.63) is 59.8 Å². The Morgan fingerprint density at radius 1 is 1.11 bits per heavy atom. The van der Waals surface area contributed by atoms with E-state index in [1.165, 1.54) is 23.0 Å². The molecule has 4 N–H and O–H groups in total. The van der Waals surface area contributed by atoms with Gasteiger partial charge in [0.2, 0.25) is 0 Å². The maximum atomic E-state index is 13.8. The number of amides is 2. The van der Waals surface area contributed by atoms with Crippen molar-refractivity contribution in [3.63, 3.8) is 0 Å². The number of benzene rings is 1. The molecule has 0 saturated carbocycles. The van der Waals surface area contributed by atoms with Gasteiger partial charge in [-0.05, 0) is 42.0 Å². The normalized spacial score (nSPS) is 12.8. The number of fused-ring (bicyclic) bond motifs is 1. The van der Waals surface area contributed by atoms with Crippen molar-refractivity contribution in [3.8, 4) is 11.3 Å². The molecule has 0 aliphatic carbocycles. The Kier molecular flexibility index (Phi) is 9.63. The number of aryl methyl sites for hydroxylation is 1. The predicted molar refractivity (Wildman–Crippen MR) is 156 cm³/mol. The number of rotatable bonds is 11. The molecular weight excluding hydrogens is 603 g/mol. The highest BCUT2D eigenvalue weighted by atomic mass is 19.4. The fourth-order valence-corrected chi connectivity index (χ4v) is 4.97. The maximum Gasteiger partial charge on any atom is 0.435 e. The lowest BCUT2D eigenvalue weighted by Gasteiger charge is -2.27. The van der Waals surface area contributed by atoms with Crippen LogP contribution < -0.4 is 16.0 Å². The maximum absolute atomic E-state index is 13.8. The first-order chi connectivity index (χ1) is 21.1. The van der Waals surface area contributed by atoms with Crippen LogP contribution in [0, 0.1) is 5.41 Å². The summed E-state index contributed by atoms with van der Waals surface area (Å²) in [6.07, 6.45) is -3.15. The van der Waals surface area contributed by atoms with Gasteiger partial charge >= 0.3 is 12.3 Å². The Hall–Kier alpha value is -4.76.